The van der Waals surface area contributed by atoms with Gasteiger partial charge in [-0.2, -0.15) is 0 Å². The topological polar surface area (TPSA) is 35.6 Å². The van der Waals surface area contributed by atoms with E-state index in [0.717, 1.165) is 52.0 Å². The van der Waals surface area contributed by atoms with Crippen LogP contribution in [0.2, 0.25) is 0 Å². The lowest BCUT2D eigenvalue weighted by Gasteiger charge is -2.35. The van der Waals surface area contributed by atoms with Crippen molar-refractivity contribution in [2.24, 2.45) is 0 Å². The molecular formula is C23H29N3O. The maximum absolute atomic E-state index is 12.6. The number of piperazine rings is 1. The Morgan fingerprint density at radius 3 is 2.44 bits per heavy atom. The van der Waals surface area contributed by atoms with Crippen LogP contribution in [0.1, 0.15) is 35.6 Å². The normalized spacial score (nSPS) is 20.8. The highest BCUT2D eigenvalue weighted by molar-refractivity contribution is 5.78. The molecule has 27 heavy (non-hydrogen) atoms. The van der Waals surface area contributed by atoms with E-state index < -0.39 is 0 Å². The van der Waals surface area contributed by atoms with Crippen molar-refractivity contribution in [2.45, 2.75) is 31.8 Å². The predicted octanol–water partition coefficient (Wildman–Crippen LogP) is 3.00. The number of nitrogens with zero attached hydrogens (tertiary/aromatic N) is 2. The number of benzene rings is 2. The van der Waals surface area contributed by atoms with Crippen molar-refractivity contribution < 1.29 is 4.79 Å². The van der Waals surface area contributed by atoms with Crippen LogP contribution in [0.5, 0.6) is 0 Å². The van der Waals surface area contributed by atoms with Crippen molar-refractivity contribution >= 4 is 5.91 Å². The molecule has 142 valence electrons. The molecule has 1 saturated heterocycles. The highest BCUT2D eigenvalue weighted by Crippen LogP contribution is 2.29. The number of carbonyl (C=O) groups excluding carboxylic acids is 1. The largest absolute Gasteiger partial charge is 0.348 e. The molecule has 2 aromatic rings. The SMILES string of the molecule is O=C(CN1CCN(Cc2ccccc2)CC1)NC1CCCc2ccccc21. The number of amides is 1. The second kappa shape index (κ2) is 8.68. The number of hydrogen-bond donors (Lipinski definition) is 1. The smallest absolute Gasteiger partial charge is 0.234 e. The van der Waals surface area contributed by atoms with Crippen molar-refractivity contribution in [3.63, 3.8) is 0 Å². The molecule has 1 N–H and O–H groups in total. The summed E-state index contributed by atoms with van der Waals surface area (Å²) in [5.41, 5.74) is 4.06. The first-order chi connectivity index (χ1) is 13.3. The van der Waals surface area contributed by atoms with Crippen LogP contribution in [0.4, 0.5) is 0 Å². The van der Waals surface area contributed by atoms with Crippen molar-refractivity contribution in [3.8, 4) is 0 Å². The van der Waals surface area contributed by atoms with Gasteiger partial charge < -0.3 is 5.32 Å². The first kappa shape index (κ1) is 18.2. The van der Waals surface area contributed by atoms with Crippen molar-refractivity contribution in [1.29, 1.82) is 0 Å². The van der Waals surface area contributed by atoms with E-state index in [1.807, 2.05) is 0 Å². The monoisotopic (exact) mass is 363 g/mol. The zero-order valence-corrected chi connectivity index (χ0v) is 15.9. The zero-order valence-electron chi connectivity index (χ0n) is 15.9. The molecule has 1 atom stereocenters. The molecule has 1 fully saturated rings. The second-order valence-corrected chi connectivity index (χ2v) is 7.75. The molecule has 2 aliphatic rings. The summed E-state index contributed by atoms with van der Waals surface area (Å²) in [5, 5.41) is 3.28. The molecule has 4 rings (SSSR count). The minimum atomic E-state index is 0.160. The van der Waals surface area contributed by atoms with Gasteiger partial charge in [0.25, 0.3) is 0 Å². The number of rotatable bonds is 5. The maximum Gasteiger partial charge on any atom is 0.234 e. The van der Waals surface area contributed by atoms with E-state index in [-0.39, 0.29) is 11.9 Å². The third-order valence-electron chi connectivity index (χ3n) is 5.79. The number of carbonyl (C=O) groups is 1. The molecule has 0 spiro atoms. The Kier molecular flexibility index (Phi) is 5.85. The average Bonchev–Trinajstić information content (AvgIpc) is 2.71. The summed E-state index contributed by atoms with van der Waals surface area (Å²) in [5.74, 6) is 0.160. The number of fused-ring (bicyclic) bond motifs is 1. The van der Waals surface area contributed by atoms with E-state index in [1.54, 1.807) is 0 Å². The predicted molar refractivity (Wildman–Crippen MR) is 108 cm³/mol. The van der Waals surface area contributed by atoms with E-state index in [2.05, 4.69) is 69.7 Å². The molecule has 2 aromatic carbocycles. The van der Waals surface area contributed by atoms with Gasteiger partial charge in [-0.25, -0.2) is 0 Å². The Labute approximate surface area is 162 Å². The third-order valence-corrected chi connectivity index (χ3v) is 5.79. The summed E-state index contributed by atoms with van der Waals surface area (Å²) in [6, 6.07) is 19.3. The summed E-state index contributed by atoms with van der Waals surface area (Å²) in [4.78, 5) is 17.4. The Balaban J connectivity index is 1.24. The Morgan fingerprint density at radius 1 is 0.926 bits per heavy atom. The van der Waals surface area contributed by atoms with Gasteiger partial charge >= 0.3 is 0 Å². The minimum absolute atomic E-state index is 0.160. The van der Waals surface area contributed by atoms with Crippen LogP contribution >= 0.6 is 0 Å². The molecule has 1 aliphatic carbocycles. The van der Waals surface area contributed by atoms with Crippen LogP contribution in [-0.4, -0.2) is 48.4 Å². The van der Waals surface area contributed by atoms with Gasteiger partial charge in [-0.1, -0.05) is 54.6 Å². The quantitative estimate of drug-likeness (QED) is 0.887. The highest BCUT2D eigenvalue weighted by atomic mass is 16.2. The molecule has 4 heteroatoms. The summed E-state index contributed by atoms with van der Waals surface area (Å²) in [6.07, 6.45) is 3.33. The van der Waals surface area contributed by atoms with Crippen LogP contribution in [0.15, 0.2) is 54.6 Å². The van der Waals surface area contributed by atoms with Crippen molar-refractivity contribution in [2.75, 3.05) is 32.7 Å². The van der Waals surface area contributed by atoms with Crippen LogP contribution in [-0.2, 0) is 17.8 Å². The van der Waals surface area contributed by atoms with E-state index >= 15 is 0 Å². The van der Waals surface area contributed by atoms with E-state index in [9.17, 15) is 4.79 Å². The molecule has 0 saturated carbocycles. The fourth-order valence-electron chi connectivity index (χ4n) is 4.29. The summed E-state index contributed by atoms with van der Waals surface area (Å²) in [7, 11) is 0. The number of hydrogen-bond acceptors (Lipinski definition) is 3. The molecule has 1 unspecified atom stereocenters. The lowest BCUT2D eigenvalue weighted by atomic mass is 9.88. The molecular weight excluding hydrogens is 334 g/mol. The number of nitrogens with one attached hydrogen (secondary N) is 1. The van der Waals surface area contributed by atoms with E-state index in [4.69, 9.17) is 0 Å². The molecule has 0 radical (unpaired) electrons. The molecule has 1 aliphatic heterocycles. The van der Waals surface area contributed by atoms with Gasteiger partial charge in [0.05, 0.1) is 12.6 Å². The summed E-state index contributed by atoms with van der Waals surface area (Å²) < 4.78 is 0. The van der Waals surface area contributed by atoms with Crippen LogP contribution in [0.25, 0.3) is 0 Å². The van der Waals surface area contributed by atoms with Gasteiger partial charge in [0.1, 0.15) is 0 Å². The van der Waals surface area contributed by atoms with Gasteiger partial charge in [-0.15, -0.1) is 0 Å². The van der Waals surface area contributed by atoms with Gasteiger partial charge in [-0.05, 0) is 36.0 Å². The van der Waals surface area contributed by atoms with E-state index in [1.165, 1.54) is 16.7 Å². The van der Waals surface area contributed by atoms with Crippen molar-refractivity contribution in [3.05, 3.63) is 71.3 Å². The maximum atomic E-state index is 12.6. The molecule has 0 bridgehead atoms. The molecule has 0 aromatic heterocycles. The number of aryl methyl sites for hydroxylation is 1. The first-order valence-electron chi connectivity index (χ1n) is 10.1. The standard InChI is InChI=1S/C23H29N3O/c27-23(24-22-12-6-10-20-9-4-5-11-21(20)22)18-26-15-13-25(14-16-26)17-19-7-2-1-3-8-19/h1-5,7-9,11,22H,6,10,12-18H2,(H,24,27). The lowest BCUT2D eigenvalue weighted by Crippen LogP contribution is -2.49. The van der Waals surface area contributed by atoms with Crippen molar-refractivity contribution in [1.82, 2.24) is 15.1 Å². The zero-order chi connectivity index (χ0) is 18.5. The lowest BCUT2D eigenvalue weighted by molar-refractivity contribution is -0.123. The van der Waals surface area contributed by atoms with Crippen LogP contribution < -0.4 is 5.32 Å². The molecule has 1 heterocycles. The van der Waals surface area contributed by atoms with Crippen LogP contribution in [0.3, 0.4) is 0 Å². The van der Waals surface area contributed by atoms with Gasteiger partial charge in [0, 0.05) is 32.7 Å². The third kappa shape index (κ3) is 4.76. The highest BCUT2D eigenvalue weighted by Gasteiger charge is 2.23. The Morgan fingerprint density at radius 2 is 1.63 bits per heavy atom. The second-order valence-electron chi connectivity index (χ2n) is 7.75. The summed E-state index contributed by atoms with van der Waals surface area (Å²) in [6.45, 7) is 5.48. The average molecular weight is 364 g/mol. The minimum Gasteiger partial charge on any atom is -0.348 e. The van der Waals surface area contributed by atoms with Gasteiger partial charge in [0.2, 0.25) is 5.91 Å². The first-order valence-corrected chi connectivity index (χ1v) is 10.1. The Bertz CT molecular complexity index is 753. The van der Waals surface area contributed by atoms with Crippen LogP contribution in [0, 0.1) is 0 Å². The molecule has 1 amide bonds. The Hall–Kier alpha value is -2.17. The fraction of sp³-hybridized carbons (Fsp3) is 0.435. The molecule has 4 nitrogen and oxygen atoms in total. The van der Waals surface area contributed by atoms with E-state index in [0.29, 0.717) is 6.54 Å². The fourth-order valence-corrected chi connectivity index (χ4v) is 4.29. The van der Waals surface area contributed by atoms with Gasteiger partial charge in [0.15, 0.2) is 0 Å². The van der Waals surface area contributed by atoms with Gasteiger partial charge in [-0.3, -0.25) is 14.6 Å². The summed E-state index contributed by atoms with van der Waals surface area (Å²) >= 11 is 0.